The lowest BCUT2D eigenvalue weighted by atomic mass is 9.96. The van der Waals surface area contributed by atoms with Gasteiger partial charge >= 0.3 is 0 Å². The fraction of sp³-hybridized carbons (Fsp3) is 0.364. The smallest absolute Gasteiger partial charge is 0.251 e. The zero-order valence-corrected chi connectivity index (χ0v) is 16.2. The molecule has 0 aliphatic carbocycles. The van der Waals surface area contributed by atoms with Gasteiger partial charge in [0.05, 0.1) is 6.04 Å². The molecule has 2 aromatic rings. The predicted molar refractivity (Wildman–Crippen MR) is 104 cm³/mol. The molecule has 28 heavy (non-hydrogen) atoms. The van der Waals surface area contributed by atoms with Crippen molar-refractivity contribution in [2.24, 2.45) is 0 Å². The Morgan fingerprint density at radius 1 is 1.18 bits per heavy atom. The van der Waals surface area contributed by atoms with Gasteiger partial charge in [-0.2, -0.15) is 0 Å². The maximum absolute atomic E-state index is 12.9. The van der Waals surface area contributed by atoms with Crippen LogP contribution < -0.4 is 5.32 Å². The highest BCUT2D eigenvalue weighted by atomic mass is 19.1. The molecule has 1 aliphatic heterocycles. The van der Waals surface area contributed by atoms with Gasteiger partial charge in [-0.3, -0.25) is 9.59 Å². The van der Waals surface area contributed by atoms with E-state index in [2.05, 4.69) is 5.32 Å². The van der Waals surface area contributed by atoms with E-state index < -0.39 is 12.1 Å². The average molecular weight is 384 g/mol. The van der Waals surface area contributed by atoms with Crippen molar-refractivity contribution in [3.8, 4) is 0 Å². The van der Waals surface area contributed by atoms with Crippen LogP contribution in [0.2, 0.25) is 0 Å². The molecule has 0 saturated carbocycles. The summed E-state index contributed by atoms with van der Waals surface area (Å²) in [6, 6.07) is 13.7. The van der Waals surface area contributed by atoms with Crippen molar-refractivity contribution in [2.45, 2.75) is 31.9 Å². The highest BCUT2D eigenvalue weighted by Gasteiger charge is 2.39. The molecule has 0 aromatic heterocycles. The number of carbonyl (C=O) groups excluding carboxylic acids is 2. The molecule has 3 rings (SSSR count). The van der Waals surface area contributed by atoms with Gasteiger partial charge in [-0.25, -0.2) is 4.39 Å². The molecule has 0 bridgehead atoms. The van der Waals surface area contributed by atoms with Crippen LogP contribution in [0.1, 0.15) is 29.2 Å². The van der Waals surface area contributed by atoms with Crippen LogP contribution in [0.5, 0.6) is 0 Å². The van der Waals surface area contributed by atoms with Gasteiger partial charge in [-0.15, -0.1) is 0 Å². The van der Waals surface area contributed by atoms with Gasteiger partial charge in [-0.05, 0) is 43.0 Å². The van der Waals surface area contributed by atoms with E-state index in [0.29, 0.717) is 6.54 Å². The molecule has 5 nitrogen and oxygen atoms in total. The Morgan fingerprint density at radius 3 is 2.54 bits per heavy atom. The minimum atomic E-state index is -0.753. The fourth-order valence-electron chi connectivity index (χ4n) is 3.35. The first-order chi connectivity index (χ1) is 13.5. The molecule has 2 atom stereocenters. The van der Waals surface area contributed by atoms with Crippen molar-refractivity contribution in [3.63, 3.8) is 0 Å². The largest absolute Gasteiger partial charge is 0.356 e. The Balaban J connectivity index is 1.60. The molecule has 1 aliphatic rings. The van der Waals surface area contributed by atoms with Crippen LogP contribution in [0.15, 0.2) is 48.5 Å². The van der Waals surface area contributed by atoms with Crippen LogP contribution in [0.3, 0.4) is 0 Å². The zero-order valence-electron chi connectivity index (χ0n) is 16.2. The van der Waals surface area contributed by atoms with Crippen LogP contribution in [0.4, 0.5) is 4.39 Å². The van der Waals surface area contributed by atoms with Crippen LogP contribution in [-0.2, 0) is 20.7 Å². The number of carbonyl (C=O) groups is 2. The Hall–Kier alpha value is -2.73. The molecule has 2 unspecified atom stereocenters. The maximum Gasteiger partial charge on any atom is 0.251 e. The second-order valence-corrected chi connectivity index (χ2v) is 7.11. The molecule has 1 N–H and O–H groups in total. The van der Waals surface area contributed by atoms with Crippen molar-refractivity contribution in [3.05, 3.63) is 71.0 Å². The lowest BCUT2D eigenvalue weighted by Gasteiger charge is -2.38. The third kappa shape index (κ3) is 4.75. The normalized spacial score (nSPS) is 19.5. The van der Waals surface area contributed by atoms with E-state index in [4.69, 9.17) is 4.74 Å². The first-order valence-electron chi connectivity index (χ1n) is 9.41. The minimum Gasteiger partial charge on any atom is -0.356 e. The second-order valence-electron chi connectivity index (χ2n) is 7.11. The molecular formula is C22H25FN2O3. The van der Waals surface area contributed by atoms with Crippen LogP contribution in [0.25, 0.3) is 0 Å². The molecule has 1 heterocycles. The van der Waals surface area contributed by atoms with Crippen LogP contribution >= 0.6 is 0 Å². The summed E-state index contributed by atoms with van der Waals surface area (Å²) in [6.07, 6.45) is 0.719. The third-order valence-corrected chi connectivity index (χ3v) is 5.02. The van der Waals surface area contributed by atoms with E-state index in [1.54, 1.807) is 24.1 Å². The van der Waals surface area contributed by atoms with E-state index >= 15 is 0 Å². The summed E-state index contributed by atoms with van der Waals surface area (Å²) in [5, 5.41) is 2.90. The number of rotatable bonds is 6. The highest BCUT2D eigenvalue weighted by Crippen LogP contribution is 2.29. The van der Waals surface area contributed by atoms with Crippen molar-refractivity contribution in [1.82, 2.24) is 10.2 Å². The van der Waals surface area contributed by atoms with E-state index in [0.717, 1.165) is 29.5 Å². The molecular weight excluding hydrogens is 359 g/mol. The van der Waals surface area contributed by atoms with E-state index in [1.807, 2.05) is 31.2 Å². The average Bonchev–Trinajstić information content (AvgIpc) is 2.69. The monoisotopic (exact) mass is 384 g/mol. The van der Waals surface area contributed by atoms with Gasteiger partial charge < -0.3 is 15.0 Å². The molecule has 2 aromatic carbocycles. The summed E-state index contributed by atoms with van der Waals surface area (Å²) in [7, 11) is 1.70. The summed E-state index contributed by atoms with van der Waals surface area (Å²) < 4.78 is 18.5. The number of nitrogens with zero attached hydrogens (tertiary/aromatic N) is 1. The molecule has 2 amide bonds. The molecule has 6 heteroatoms. The lowest BCUT2D eigenvalue weighted by Crippen LogP contribution is -2.53. The number of likely N-dealkylation sites (N-methyl/N-ethyl adjacent to an activating group) is 1. The zero-order chi connectivity index (χ0) is 20.1. The summed E-state index contributed by atoms with van der Waals surface area (Å²) >= 11 is 0. The maximum atomic E-state index is 12.9. The Labute approximate surface area is 164 Å². The third-order valence-electron chi connectivity index (χ3n) is 5.02. The van der Waals surface area contributed by atoms with Gasteiger partial charge in [0.15, 0.2) is 6.10 Å². The fourth-order valence-corrected chi connectivity index (χ4v) is 3.35. The van der Waals surface area contributed by atoms with Gasteiger partial charge in [0.1, 0.15) is 12.4 Å². The standard InChI is InChI=1S/C22H25FN2O3/c1-15-5-9-17(10-6-15)20-21(28-14-19(26)25(20)2)22(27)24-13-3-4-16-7-11-18(23)12-8-16/h5-12,20-21H,3-4,13-14H2,1-2H3,(H,24,27). The number of hydrogen-bond donors (Lipinski definition) is 1. The van der Waals surface area contributed by atoms with Crippen molar-refractivity contribution in [2.75, 3.05) is 20.2 Å². The number of nitrogens with one attached hydrogen (secondary N) is 1. The number of amides is 2. The number of benzene rings is 2. The predicted octanol–water partition coefficient (Wildman–Crippen LogP) is 2.78. The first kappa shape index (κ1) is 20.0. The highest BCUT2D eigenvalue weighted by molar-refractivity contribution is 5.86. The summed E-state index contributed by atoms with van der Waals surface area (Å²) in [6.45, 7) is 2.36. The minimum absolute atomic E-state index is 0.105. The Bertz CT molecular complexity index is 821. The molecule has 1 saturated heterocycles. The number of hydrogen-bond acceptors (Lipinski definition) is 3. The number of aryl methyl sites for hydroxylation is 2. The molecule has 0 radical (unpaired) electrons. The Morgan fingerprint density at radius 2 is 1.86 bits per heavy atom. The van der Waals surface area contributed by atoms with Crippen LogP contribution in [0, 0.1) is 12.7 Å². The molecule has 1 fully saturated rings. The SMILES string of the molecule is Cc1ccc(C2C(C(=O)NCCCc3ccc(F)cc3)OCC(=O)N2C)cc1. The van der Waals surface area contributed by atoms with Gasteiger partial charge in [0, 0.05) is 13.6 Å². The van der Waals surface area contributed by atoms with Gasteiger partial charge in [0.2, 0.25) is 5.91 Å². The van der Waals surface area contributed by atoms with Crippen LogP contribution in [-0.4, -0.2) is 43.0 Å². The van der Waals surface area contributed by atoms with Crippen molar-refractivity contribution >= 4 is 11.8 Å². The van der Waals surface area contributed by atoms with E-state index in [-0.39, 0.29) is 24.2 Å². The lowest BCUT2D eigenvalue weighted by molar-refractivity contribution is -0.162. The number of halogens is 1. The van der Waals surface area contributed by atoms with Gasteiger partial charge in [-0.1, -0.05) is 42.0 Å². The van der Waals surface area contributed by atoms with Crippen molar-refractivity contribution < 1.29 is 18.7 Å². The second kappa shape index (κ2) is 8.97. The number of morpholine rings is 1. The molecule has 0 spiro atoms. The summed E-state index contributed by atoms with van der Waals surface area (Å²) in [4.78, 5) is 26.4. The summed E-state index contributed by atoms with van der Waals surface area (Å²) in [5.41, 5.74) is 3.00. The quantitative estimate of drug-likeness (QED) is 0.779. The van der Waals surface area contributed by atoms with E-state index in [1.165, 1.54) is 12.1 Å². The molecule has 148 valence electrons. The summed E-state index contributed by atoms with van der Waals surface area (Å²) in [5.74, 6) is -0.637. The topological polar surface area (TPSA) is 58.6 Å². The van der Waals surface area contributed by atoms with Crippen molar-refractivity contribution in [1.29, 1.82) is 0 Å². The number of ether oxygens (including phenoxy) is 1. The first-order valence-corrected chi connectivity index (χ1v) is 9.41. The van der Waals surface area contributed by atoms with E-state index in [9.17, 15) is 14.0 Å². The Kier molecular flexibility index (Phi) is 6.41. The van der Waals surface area contributed by atoms with Gasteiger partial charge in [0.25, 0.3) is 5.91 Å².